The first-order valence-electron chi connectivity index (χ1n) is 6.23. The highest BCUT2D eigenvalue weighted by Gasteiger charge is 2.26. The minimum atomic E-state index is -0.698. The van der Waals surface area contributed by atoms with Crippen molar-refractivity contribution in [2.75, 3.05) is 6.61 Å². The first kappa shape index (κ1) is 12.0. The van der Waals surface area contributed by atoms with Crippen LogP contribution in [-0.4, -0.2) is 17.8 Å². The molecule has 0 saturated carbocycles. The maximum Gasteiger partial charge on any atom is 0.138 e. The highest BCUT2D eigenvalue weighted by Crippen LogP contribution is 2.31. The van der Waals surface area contributed by atoms with Crippen molar-refractivity contribution in [3.63, 3.8) is 0 Å². The van der Waals surface area contributed by atoms with Gasteiger partial charge in [-0.1, -0.05) is 11.6 Å². The molecule has 0 spiro atoms. The number of halogens is 1. The lowest BCUT2D eigenvalue weighted by molar-refractivity contribution is -0.0698. The van der Waals surface area contributed by atoms with Crippen LogP contribution in [-0.2, 0) is 4.74 Å². The third kappa shape index (κ3) is 2.26. The van der Waals surface area contributed by atoms with Crippen LogP contribution in [0, 0.1) is 0 Å². The number of aliphatic hydroxyl groups is 1. The van der Waals surface area contributed by atoms with Crippen molar-refractivity contribution in [1.29, 1.82) is 0 Å². The van der Waals surface area contributed by atoms with E-state index < -0.39 is 6.10 Å². The predicted molar refractivity (Wildman–Crippen MR) is 69.8 cm³/mol. The second-order valence-electron chi connectivity index (χ2n) is 4.68. The van der Waals surface area contributed by atoms with E-state index in [-0.39, 0.29) is 6.10 Å². The van der Waals surface area contributed by atoms with Gasteiger partial charge in [0.25, 0.3) is 0 Å². The van der Waals surface area contributed by atoms with Crippen molar-refractivity contribution < 1.29 is 14.3 Å². The van der Waals surface area contributed by atoms with E-state index in [1.165, 1.54) is 0 Å². The Kier molecular flexibility index (Phi) is 3.29. The molecular weight excluding hydrogens is 252 g/mol. The summed E-state index contributed by atoms with van der Waals surface area (Å²) < 4.78 is 11.2. The Balaban J connectivity index is 1.88. The van der Waals surface area contributed by atoms with Crippen molar-refractivity contribution >= 4 is 22.6 Å². The average molecular weight is 267 g/mol. The van der Waals surface area contributed by atoms with Gasteiger partial charge < -0.3 is 14.3 Å². The molecule has 2 aromatic rings. The highest BCUT2D eigenvalue weighted by atomic mass is 35.5. The Morgan fingerprint density at radius 3 is 2.94 bits per heavy atom. The van der Waals surface area contributed by atoms with Crippen LogP contribution in [0.3, 0.4) is 0 Å². The van der Waals surface area contributed by atoms with Crippen molar-refractivity contribution in [2.24, 2.45) is 0 Å². The molecule has 0 aliphatic carbocycles. The van der Waals surface area contributed by atoms with Gasteiger partial charge in [-0.2, -0.15) is 0 Å². The fourth-order valence-corrected chi connectivity index (χ4v) is 2.56. The number of rotatable bonds is 2. The lowest BCUT2D eigenvalue weighted by Crippen LogP contribution is -2.26. The number of ether oxygens (including phenoxy) is 1. The minimum absolute atomic E-state index is 0.158. The molecule has 1 aromatic heterocycles. The van der Waals surface area contributed by atoms with Crippen LogP contribution >= 0.6 is 11.6 Å². The molecule has 18 heavy (non-hydrogen) atoms. The summed E-state index contributed by atoms with van der Waals surface area (Å²) in [6, 6.07) is 7.26. The minimum Gasteiger partial charge on any atom is -0.458 e. The first-order chi connectivity index (χ1) is 8.74. The van der Waals surface area contributed by atoms with Gasteiger partial charge in [-0.15, -0.1) is 0 Å². The molecule has 1 saturated heterocycles. The van der Waals surface area contributed by atoms with Crippen molar-refractivity contribution in [3.05, 3.63) is 35.0 Å². The summed E-state index contributed by atoms with van der Waals surface area (Å²) in [6.45, 7) is 0.716. The van der Waals surface area contributed by atoms with E-state index in [0.717, 1.165) is 30.2 Å². The molecule has 0 radical (unpaired) electrons. The summed E-state index contributed by atoms with van der Waals surface area (Å²) in [7, 11) is 0. The van der Waals surface area contributed by atoms with Crippen molar-refractivity contribution in [3.8, 4) is 0 Å². The number of fused-ring (bicyclic) bond motifs is 1. The fourth-order valence-electron chi connectivity index (χ4n) is 2.38. The van der Waals surface area contributed by atoms with E-state index >= 15 is 0 Å². The Hall–Kier alpha value is -1.03. The van der Waals surface area contributed by atoms with E-state index in [2.05, 4.69) is 0 Å². The van der Waals surface area contributed by atoms with Crippen LogP contribution in [0.2, 0.25) is 5.02 Å². The van der Waals surface area contributed by atoms with Gasteiger partial charge in [-0.05, 0) is 43.5 Å². The molecule has 1 aliphatic heterocycles. The van der Waals surface area contributed by atoms with E-state index in [1.807, 2.05) is 18.2 Å². The Bertz CT molecular complexity index is 543. The van der Waals surface area contributed by atoms with Gasteiger partial charge in [0.1, 0.15) is 17.4 Å². The van der Waals surface area contributed by atoms with Crippen molar-refractivity contribution in [1.82, 2.24) is 0 Å². The molecule has 1 aliphatic rings. The zero-order valence-corrected chi connectivity index (χ0v) is 10.7. The Labute approximate surface area is 110 Å². The maximum atomic E-state index is 10.3. The molecule has 3 nitrogen and oxygen atoms in total. The van der Waals surface area contributed by atoms with Gasteiger partial charge in [-0.25, -0.2) is 0 Å². The van der Waals surface area contributed by atoms with Crippen LogP contribution in [0.5, 0.6) is 0 Å². The molecule has 0 bridgehead atoms. The molecule has 0 amide bonds. The van der Waals surface area contributed by atoms with Crippen LogP contribution in [0.4, 0.5) is 0 Å². The maximum absolute atomic E-state index is 10.3. The summed E-state index contributed by atoms with van der Waals surface area (Å²) in [5.74, 6) is 0.555. The quantitative estimate of drug-likeness (QED) is 0.901. The summed E-state index contributed by atoms with van der Waals surface area (Å²) in [5, 5.41) is 11.8. The molecule has 1 aromatic carbocycles. The Morgan fingerprint density at radius 2 is 2.17 bits per heavy atom. The van der Waals surface area contributed by atoms with E-state index in [4.69, 9.17) is 20.8 Å². The molecule has 1 fully saturated rings. The Morgan fingerprint density at radius 1 is 1.28 bits per heavy atom. The molecule has 2 heterocycles. The van der Waals surface area contributed by atoms with E-state index in [1.54, 1.807) is 6.07 Å². The van der Waals surface area contributed by atoms with Gasteiger partial charge in [-0.3, -0.25) is 0 Å². The number of benzene rings is 1. The zero-order chi connectivity index (χ0) is 12.5. The predicted octanol–water partition coefficient (Wildman–Crippen LogP) is 3.69. The third-order valence-corrected chi connectivity index (χ3v) is 3.59. The van der Waals surface area contributed by atoms with E-state index in [9.17, 15) is 5.11 Å². The molecule has 4 heteroatoms. The zero-order valence-electron chi connectivity index (χ0n) is 9.93. The lowest BCUT2D eigenvalue weighted by atomic mass is 10.0. The second kappa shape index (κ2) is 4.92. The normalized spacial score (nSPS) is 22.2. The first-order valence-corrected chi connectivity index (χ1v) is 6.60. The highest BCUT2D eigenvalue weighted by molar-refractivity contribution is 6.31. The van der Waals surface area contributed by atoms with Crippen LogP contribution < -0.4 is 0 Å². The molecular formula is C14H15ClO3. The SMILES string of the molecule is OC(c1cc2cc(Cl)ccc2o1)C1CCCCO1. The van der Waals surface area contributed by atoms with E-state index in [0.29, 0.717) is 17.4 Å². The van der Waals surface area contributed by atoms with Gasteiger partial charge >= 0.3 is 0 Å². The third-order valence-electron chi connectivity index (χ3n) is 3.36. The largest absolute Gasteiger partial charge is 0.458 e. The number of hydrogen-bond acceptors (Lipinski definition) is 3. The summed E-state index contributed by atoms with van der Waals surface area (Å²) >= 11 is 5.93. The second-order valence-corrected chi connectivity index (χ2v) is 5.12. The fraction of sp³-hybridized carbons (Fsp3) is 0.429. The summed E-state index contributed by atoms with van der Waals surface area (Å²) in [4.78, 5) is 0. The van der Waals surface area contributed by atoms with Crippen LogP contribution in [0.25, 0.3) is 11.0 Å². The number of furan rings is 1. The van der Waals surface area contributed by atoms with Crippen LogP contribution in [0.15, 0.2) is 28.7 Å². The molecule has 96 valence electrons. The molecule has 1 N–H and O–H groups in total. The van der Waals surface area contributed by atoms with Crippen molar-refractivity contribution in [2.45, 2.75) is 31.5 Å². The monoisotopic (exact) mass is 266 g/mol. The van der Waals surface area contributed by atoms with Gasteiger partial charge in [0.2, 0.25) is 0 Å². The summed E-state index contributed by atoms with van der Waals surface area (Å²) in [5.41, 5.74) is 0.740. The number of hydrogen-bond donors (Lipinski definition) is 1. The lowest BCUT2D eigenvalue weighted by Gasteiger charge is -2.25. The van der Waals surface area contributed by atoms with Gasteiger partial charge in [0, 0.05) is 17.0 Å². The molecule has 2 atom stereocenters. The molecule has 2 unspecified atom stereocenters. The standard InChI is InChI=1S/C14H15ClO3/c15-10-4-5-11-9(7-10)8-13(18-11)14(16)12-3-1-2-6-17-12/h4-5,7-8,12,14,16H,1-3,6H2. The molecule has 3 rings (SSSR count). The number of aliphatic hydroxyl groups excluding tert-OH is 1. The topological polar surface area (TPSA) is 42.6 Å². The van der Waals surface area contributed by atoms with Crippen LogP contribution in [0.1, 0.15) is 31.1 Å². The summed E-state index contributed by atoms with van der Waals surface area (Å²) in [6.07, 6.45) is 2.18. The van der Waals surface area contributed by atoms with Gasteiger partial charge in [0.15, 0.2) is 0 Å². The van der Waals surface area contributed by atoms with Gasteiger partial charge in [0.05, 0.1) is 6.10 Å². The average Bonchev–Trinajstić information content (AvgIpc) is 2.81. The smallest absolute Gasteiger partial charge is 0.138 e.